The predicted octanol–water partition coefficient (Wildman–Crippen LogP) is 4.16. The van der Waals surface area contributed by atoms with Gasteiger partial charge in [0.05, 0.1) is 17.3 Å². The van der Waals surface area contributed by atoms with E-state index in [9.17, 15) is 9.18 Å². The van der Waals surface area contributed by atoms with Crippen LogP contribution in [-0.2, 0) is 4.79 Å². The number of aromatic nitrogens is 2. The van der Waals surface area contributed by atoms with E-state index in [0.29, 0.717) is 27.4 Å². The molecule has 1 amide bonds. The first-order chi connectivity index (χ1) is 14.0. The zero-order valence-corrected chi connectivity index (χ0v) is 16.6. The molecule has 0 spiro atoms. The maximum absolute atomic E-state index is 13.0. The van der Waals surface area contributed by atoms with Gasteiger partial charge in [0.2, 0.25) is 5.88 Å². The van der Waals surface area contributed by atoms with Crippen LogP contribution >= 0.6 is 23.2 Å². The van der Waals surface area contributed by atoms with Crippen LogP contribution in [0.3, 0.4) is 0 Å². The molecule has 9 heteroatoms. The normalized spacial score (nSPS) is 10.4. The van der Waals surface area contributed by atoms with Crippen LogP contribution in [0.5, 0.6) is 11.6 Å². The fraction of sp³-hybridized carbons (Fsp3) is 0.150. The summed E-state index contributed by atoms with van der Waals surface area (Å²) in [6, 6.07) is 14.1. The van der Waals surface area contributed by atoms with Crippen LogP contribution < -0.4 is 14.8 Å². The fourth-order valence-corrected chi connectivity index (χ4v) is 2.63. The van der Waals surface area contributed by atoms with Crippen LogP contribution in [0, 0.1) is 5.82 Å². The lowest BCUT2D eigenvalue weighted by molar-refractivity contribution is -0.123. The van der Waals surface area contributed by atoms with Gasteiger partial charge in [0.1, 0.15) is 18.2 Å². The quantitative estimate of drug-likeness (QED) is 0.537. The average molecular weight is 436 g/mol. The SMILES string of the molecule is O=C(COc1cc(Cl)ccc1Cl)NCCOc1ccc(-c2ccc(F)cc2)nn1. The molecule has 150 valence electrons. The lowest BCUT2D eigenvalue weighted by atomic mass is 10.1. The standard InChI is InChI=1S/C20H16Cl2FN3O3/c21-14-3-6-16(22)18(11-14)29-12-19(27)24-9-10-28-20-8-7-17(25-26-20)13-1-4-15(23)5-2-13/h1-8,11H,9-10,12H2,(H,24,27). The Labute approximate surface area is 176 Å². The summed E-state index contributed by atoms with van der Waals surface area (Å²) in [7, 11) is 0. The summed E-state index contributed by atoms with van der Waals surface area (Å²) in [4.78, 5) is 11.8. The van der Waals surface area contributed by atoms with Gasteiger partial charge in [-0.25, -0.2) is 4.39 Å². The van der Waals surface area contributed by atoms with Gasteiger partial charge in [-0.05, 0) is 42.5 Å². The number of hydrogen-bond donors (Lipinski definition) is 1. The minimum Gasteiger partial charge on any atom is -0.482 e. The molecule has 0 saturated carbocycles. The van der Waals surface area contributed by atoms with Crippen molar-refractivity contribution in [3.63, 3.8) is 0 Å². The molecule has 1 aromatic heterocycles. The summed E-state index contributed by atoms with van der Waals surface area (Å²) >= 11 is 11.8. The Kier molecular flexibility index (Phi) is 7.21. The van der Waals surface area contributed by atoms with Crippen LogP contribution in [0.4, 0.5) is 4.39 Å². The van der Waals surface area contributed by atoms with Gasteiger partial charge in [0, 0.05) is 22.7 Å². The fourth-order valence-electron chi connectivity index (χ4n) is 2.30. The highest BCUT2D eigenvalue weighted by Crippen LogP contribution is 2.27. The van der Waals surface area contributed by atoms with Gasteiger partial charge >= 0.3 is 0 Å². The van der Waals surface area contributed by atoms with Crippen molar-refractivity contribution in [2.45, 2.75) is 0 Å². The number of carbonyl (C=O) groups is 1. The minimum absolute atomic E-state index is 0.202. The number of carbonyl (C=O) groups excluding carboxylic acids is 1. The van der Waals surface area contributed by atoms with Crippen molar-refractivity contribution in [1.82, 2.24) is 15.5 Å². The smallest absolute Gasteiger partial charge is 0.258 e. The van der Waals surface area contributed by atoms with E-state index in [1.165, 1.54) is 18.2 Å². The van der Waals surface area contributed by atoms with Crippen LogP contribution in [0.2, 0.25) is 10.0 Å². The Morgan fingerprint density at radius 3 is 2.52 bits per heavy atom. The first-order valence-corrected chi connectivity index (χ1v) is 9.34. The largest absolute Gasteiger partial charge is 0.482 e. The van der Waals surface area contributed by atoms with E-state index in [4.69, 9.17) is 32.7 Å². The number of rotatable bonds is 8. The minimum atomic E-state index is -0.331. The number of ether oxygens (including phenoxy) is 2. The second-order valence-corrected chi connectivity index (χ2v) is 6.67. The molecule has 0 unspecified atom stereocenters. The van der Waals surface area contributed by atoms with Crippen molar-refractivity contribution in [1.29, 1.82) is 0 Å². The summed E-state index contributed by atoms with van der Waals surface area (Å²) in [6.45, 7) is 0.257. The van der Waals surface area contributed by atoms with Crippen molar-refractivity contribution in [2.24, 2.45) is 0 Å². The highest BCUT2D eigenvalue weighted by Gasteiger charge is 2.07. The first kappa shape index (κ1) is 20.8. The van der Waals surface area contributed by atoms with Crippen LogP contribution in [-0.4, -0.2) is 35.9 Å². The van der Waals surface area contributed by atoms with Gasteiger partial charge in [-0.1, -0.05) is 23.2 Å². The molecule has 0 fully saturated rings. The average Bonchev–Trinajstić information content (AvgIpc) is 2.73. The van der Waals surface area contributed by atoms with E-state index in [2.05, 4.69) is 15.5 Å². The lowest BCUT2D eigenvalue weighted by Gasteiger charge is -2.09. The molecular formula is C20H16Cl2FN3O3. The van der Waals surface area contributed by atoms with E-state index in [1.807, 2.05) is 0 Å². The van der Waals surface area contributed by atoms with Crippen LogP contribution in [0.1, 0.15) is 0 Å². The zero-order valence-electron chi connectivity index (χ0n) is 15.1. The molecule has 29 heavy (non-hydrogen) atoms. The molecule has 0 atom stereocenters. The monoisotopic (exact) mass is 435 g/mol. The molecular weight excluding hydrogens is 420 g/mol. The Balaban J connectivity index is 1.39. The second-order valence-electron chi connectivity index (χ2n) is 5.83. The number of hydrogen-bond acceptors (Lipinski definition) is 5. The molecule has 0 aliphatic rings. The molecule has 3 rings (SSSR count). The van der Waals surface area contributed by atoms with Gasteiger partial charge in [-0.2, -0.15) is 0 Å². The van der Waals surface area contributed by atoms with Crippen molar-refractivity contribution < 1.29 is 18.7 Å². The Bertz CT molecular complexity index is 970. The zero-order chi connectivity index (χ0) is 20.6. The second kappa shape index (κ2) is 10.0. The van der Waals surface area contributed by atoms with Crippen molar-refractivity contribution in [2.75, 3.05) is 19.8 Å². The third-order valence-electron chi connectivity index (χ3n) is 3.71. The molecule has 6 nitrogen and oxygen atoms in total. The summed E-state index contributed by atoms with van der Waals surface area (Å²) in [6.07, 6.45) is 0. The number of halogens is 3. The van der Waals surface area contributed by atoms with Crippen molar-refractivity contribution in [3.05, 3.63) is 70.5 Å². The third kappa shape index (κ3) is 6.30. The third-order valence-corrected chi connectivity index (χ3v) is 4.25. The highest BCUT2D eigenvalue weighted by molar-refractivity contribution is 6.34. The lowest BCUT2D eigenvalue weighted by Crippen LogP contribution is -2.32. The summed E-state index contributed by atoms with van der Waals surface area (Å²) in [5.41, 5.74) is 1.35. The van der Waals surface area contributed by atoms with E-state index >= 15 is 0 Å². The molecule has 1 N–H and O–H groups in total. The van der Waals surface area contributed by atoms with Crippen molar-refractivity contribution >= 4 is 29.1 Å². The van der Waals surface area contributed by atoms with E-state index in [-0.39, 0.29) is 31.5 Å². The molecule has 1 heterocycles. The van der Waals surface area contributed by atoms with E-state index < -0.39 is 0 Å². The number of amides is 1. The van der Waals surface area contributed by atoms with Crippen LogP contribution in [0.15, 0.2) is 54.6 Å². The number of nitrogens with zero attached hydrogens (tertiary/aromatic N) is 2. The van der Waals surface area contributed by atoms with E-state index in [0.717, 1.165) is 5.56 Å². The molecule has 0 saturated heterocycles. The molecule has 2 aromatic carbocycles. The maximum Gasteiger partial charge on any atom is 0.258 e. The van der Waals surface area contributed by atoms with Gasteiger partial charge in [0.25, 0.3) is 5.91 Å². The highest BCUT2D eigenvalue weighted by atomic mass is 35.5. The van der Waals surface area contributed by atoms with Crippen LogP contribution in [0.25, 0.3) is 11.3 Å². The van der Waals surface area contributed by atoms with Gasteiger partial charge in [-0.15, -0.1) is 10.2 Å². The molecule has 3 aromatic rings. The molecule has 0 bridgehead atoms. The predicted molar refractivity (Wildman–Crippen MR) is 108 cm³/mol. The summed E-state index contributed by atoms with van der Waals surface area (Å²) < 4.78 is 23.7. The Morgan fingerprint density at radius 1 is 1.00 bits per heavy atom. The molecule has 0 radical (unpaired) electrons. The van der Waals surface area contributed by atoms with Gasteiger partial charge in [0.15, 0.2) is 6.61 Å². The Morgan fingerprint density at radius 2 is 1.79 bits per heavy atom. The van der Waals surface area contributed by atoms with Crippen molar-refractivity contribution in [3.8, 4) is 22.9 Å². The maximum atomic E-state index is 13.0. The van der Waals surface area contributed by atoms with Gasteiger partial charge < -0.3 is 14.8 Å². The molecule has 0 aliphatic carbocycles. The first-order valence-electron chi connectivity index (χ1n) is 8.58. The number of nitrogens with one attached hydrogen (secondary N) is 1. The number of benzene rings is 2. The summed E-state index contributed by atoms with van der Waals surface area (Å²) in [5, 5.41) is 11.5. The van der Waals surface area contributed by atoms with Gasteiger partial charge in [-0.3, -0.25) is 4.79 Å². The molecule has 0 aliphatic heterocycles. The van der Waals surface area contributed by atoms with E-state index in [1.54, 1.807) is 36.4 Å². The topological polar surface area (TPSA) is 73.3 Å². The summed E-state index contributed by atoms with van der Waals surface area (Å²) in [5.74, 6) is 0.00122. The Hall–Kier alpha value is -2.90.